The van der Waals surface area contributed by atoms with E-state index in [0.29, 0.717) is 31.2 Å². The zero-order chi connectivity index (χ0) is 14.1. The first-order valence-electron chi connectivity index (χ1n) is 6.63. The molecule has 1 unspecified atom stereocenters. The van der Waals surface area contributed by atoms with Crippen LogP contribution in [0.1, 0.15) is 46.5 Å². The van der Waals surface area contributed by atoms with E-state index in [4.69, 9.17) is 10.8 Å². The molecular formula is C13H26N2O3. The van der Waals surface area contributed by atoms with Gasteiger partial charge in [0.05, 0.1) is 6.04 Å². The van der Waals surface area contributed by atoms with Crippen molar-refractivity contribution in [2.45, 2.75) is 52.5 Å². The van der Waals surface area contributed by atoms with Crippen LogP contribution in [0.4, 0.5) is 0 Å². The highest BCUT2D eigenvalue weighted by atomic mass is 16.4. The third-order valence-electron chi connectivity index (χ3n) is 3.26. The number of carboxylic acids is 1. The van der Waals surface area contributed by atoms with Gasteiger partial charge in [-0.15, -0.1) is 0 Å². The van der Waals surface area contributed by atoms with Crippen LogP contribution in [0, 0.1) is 11.8 Å². The molecule has 0 aromatic heterocycles. The van der Waals surface area contributed by atoms with Gasteiger partial charge < -0.3 is 16.2 Å². The summed E-state index contributed by atoms with van der Waals surface area (Å²) in [4.78, 5) is 22.0. The Kier molecular flexibility index (Phi) is 8.37. The van der Waals surface area contributed by atoms with Crippen LogP contribution < -0.4 is 11.1 Å². The Labute approximate surface area is 109 Å². The number of carbonyl (C=O) groups is 2. The average Bonchev–Trinajstić information content (AvgIpc) is 2.31. The predicted octanol–water partition coefficient (Wildman–Crippen LogP) is 1.37. The number of nitrogens with two attached hydrogens (primary N) is 1. The van der Waals surface area contributed by atoms with Crippen LogP contribution in [0.5, 0.6) is 0 Å². The van der Waals surface area contributed by atoms with E-state index in [1.54, 1.807) is 0 Å². The second-order valence-electron chi connectivity index (χ2n) is 5.03. The summed E-state index contributed by atoms with van der Waals surface area (Å²) in [6.45, 7) is 6.58. The Hall–Kier alpha value is -1.10. The summed E-state index contributed by atoms with van der Waals surface area (Å²) >= 11 is 0. The predicted molar refractivity (Wildman–Crippen MR) is 71.1 cm³/mol. The summed E-state index contributed by atoms with van der Waals surface area (Å²) in [6.07, 6.45) is 2.26. The van der Waals surface area contributed by atoms with E-state index in [9.17, 15) is 9.59 Å². The van der Waals surface area contributed by atoms with Crippen molar-refractivity contribution in [2.75, 3.05) is 6.54 Å². The van der Waals surface area contributed by atoms with Gasteiger partial charge in [-0.3, -0.25) is 9.59 Å². The third kappa shape index (κ3) is 7.27. The van der Waals surface area contributed by atoms with Crippen LogP contribution in [0.25, 0.3) is 0 Å². The number of amides is 1. The molecule has 5 heteroatoms. The first-order valence-corrected chi connectivity index (χ1v) is 6.63. The van der Waals surface area contributed by atoms with E-state index < -0.39 is 12.0 Å². The number of rotatable bonds is 9. The van der Waals surface area contributed by atoms with Gasteiger partial charge >= 0.3 is 5.97 Å². The second-order valence-corrected chi connectivity index (χ2v) is 5.03. The van der Waals surface area contributed by atoms with Crippen LogP contribution in [-0.2, 0) is 9.59 Å². The van der Waals surface area contributed by atoms with E-state index >= 15 is 0 Å². The summed E-state index contributed by atoms with van der Waals surface area (Å²) in [5.41, 5.74) is 5.60. The molecule has 0 rings (SSSR count). The monoisotopic (exact) mass is 258 g/mol. The van der Waals surface area contributed by atoms with Crippen LogP contribution in [-0.4, -0.2) is 29.6 Å². The molecule has 0 spiro atoms. The Morgan fingerprint density at radius 2 is 1.89 bits per heavy atom. The Bertz CT molecular complexity index is 267. The van der Waals surface area contributed by atoms with Crippen molar-refractivity contribution in [1.82, 2.24) is 5.32 Å². The van der Waals surface area contributed by atoms with E-state index in [0.717, 1.165) is 6.42 Å². The minimum atomic E-state index is -0.766. The quantitative estimate of drug-likeness (QED) is 0.582. The number of nitrogens with one attached hydrogen (secondary N) is 1. The fourth-order valence-corrected chi connectivity index (χ4v) is 1.82. The van der Waals surface area contributed by atoms with Gasteiger partial charge in [0.1, 0.15) is 0 Å². The molecule has 1 amide bonds. The maximum Gasteiger partial charge on any atom is 0.303 e. The van der Waals surface area contributed by atoms with Gasteiger partial charge in [0, 0.05) is 13.0 Å². The first kappa shape index (κ1) is 16.9. The van der Waals surface area contributed by atoms with Crippen LogP contribution in [0.2, 0.25) is 0 Å². The molecule has 0 heterocycles. The second kappa shape index (κ2) is 8.91. The summed E-state index contributed by atoms with van der Waals surface area (Å²) in [6, 6.07) is -0.443. The molecule has 4 N–H and O–H groups in total. The first-order chi connectivity index (χ1) is 8.38. The van der Waals surface area contributed by atoms with Crippen molar-refractivity contribution < 1.29 is 14.7 Å². The molecule has 0 radical (unpaired) electrons. The molecular weight excluding hydrogens is 232 g/mol. The van der Waals surface area contributed by atoms with Gasteiger partial charge in [-0.2, -0.15) is 0 Å². The molecule has 0 aliphatic rings. The molecule has 2 atom stereocenters. The van der Waals surface area contributed by atoms with Crippen molar-refractivity contribution in [1.29, 1.82) is 0 Å². The van der Waals surface area contributed by atoms with Crippen LogP contribution in [0.15, 0.2) is 0 Å². The van der Waals surface area contributed by atoms with Gasteiger partial charge in [-0.1, -0.05) is 20.8 Å². The van der Waals surface area contributed by atoms with Gasteiger partial charge in [0.25, 0.3) is 0 Å². The Morgan fingerprint density at radius 3 is 2.33 bits per heavy atom. The van der Waals surface area contributed by atoms with Gasteiger partial charge in [-0.25, -0.2) is 0 Å². The molecule has 106 valence electrons. The lowest BCUT2D eigenvalue weighted by Crippen LogP contribution is -2.40. The molecule has 0 aromatic rings. The fraction of sp³-hybridized carbons (Fsp3) is 0.846. The van der Waals surface area contributed by atoms with E-state index in [2.05, 4.69) is 19.2 Å². The number of hydrogen-bond donors (Lipinski definition) is 3. The van der Waals surface area contributed by atoms with Crippen molar-refractivity contribution in [2.24, 2.45) is 17.6 Å². The summed E-state index contributed by atoms with van der Waals surface area (Å²) in [7, 11) is 0. The van der Waals surface area contributed by atoms with Crippen LogP contribution >= 0.6 is 0 Å². The number of aliphatic carboxylic acids is 1. The molecule has 0 bridgehead atoms. The minimum Gasteiger partial charge on any atom is -0.481 e. The van der Waals surface area contributed by atoms with Crippen molar-refractivity contribution in [3.8, 4) is 0 Å². The van der Waals surface area contributed by atoms with E-state index in [1.807, 2.05) is 6.92 Å². The third-order valence-corrected chi connectivity index (χ3v) is 3.26. The SMILES string of the molecule is CC[C@@H](N)C(=O)NCCC(CCC(=O)O)C(C)C. The molecule has 0 saturated carbocycles. The van der Waals surface area contributed by atoms with Gasteiger partial charge in [0.15, 0.2) is 0 Å². The van der Waals surface area contributed by atoms with Crippen molar-refractivity contribution in [3.05, 3.63) is 0 Å². The molecule has 0 aromatic carbocycles. The van der Waals surface area contributed by atoms with Crippen molar-refractivity contribution in [3.63, 3.8) is 0 Å². The lowest BCUT2D eigenvalue weighted by atomic mass is 9.88. The zero-order valence-electron chi connectivity index (χ0n) is 11.6. The summed E-state index contributed by atoms with van der Waals surface area (Å²) < 4.78 is 0. The average molecular weight is 258 g/mol. The zero-order valence-corrected chi connectivity index (χ0v) is 11.6. The largest absolute Gasteiger partial charge is 0.481 e. The highest BCUT2D eigenvalue weighted by Gasteiger charge is 2.16. The molecule has 0 aliphatic carbocycles. The molecule has 0 aliphatic heterocycles. The molecule has 0 fully saturated rings. The highest BCUT2D eigenvalue weighted by Crippen LogP contribution is 2.20. The fourth-order valence-electron chi connectivity index (χ4n) is 1.82. The molecule has 5 nitrogen and oxygen atoms in total. The molecule has 0 saturated heterocycles. The van der Waals surface area contributed by atoms with Crippen molar-refractivity contribution >= 4 is 11.9 Å². The van der Waals surface area contributed by atoms with E-state index in [1.165, 1.54) is 0 Å². The maximum absolute atomic E-state index is 11.5. The molecule has 18 heavy (non-hydrogen) atoms. The normalized spacial score (nSPS) is 14.3. The highest BCUT2D eigenvalue weighted by molar-refractivity contribution is 5.81. The van der Waals surface area contributed by atoms with E-state index in [-0.39, 0.29) is 12.3 Å². The standard InChI is InChI=1S/C13H26N2O3/c1-4-11(14)13(18)15-8-7-10(9(2)3)5-6-12(16)17/h9-11H,4-8,14H2,1-3H3,(H,15,18)(H,16,17)/t10?,11-/m1/s1. The lowest BCUT2D eigenvalue weighted by Gasteiger charge is -2.20. The minimum absolute atomic E-state index is 0.127. The van der Waals surface area contributed by atoms with Gasteiger partial charge in [-0.05, 0) is 31.1 Å². The Morgan fingerprint density at radius 1 is 1.28 bits per heavy atom. The topological polar surface area (TPSA) is 92.4 Å². The lowest BCUT2D eigenvalue weighted by molar-refractivity contribution is -0.137. The summed E-state index contributed by atoms with van der Waals surface area (Å²) in [5, 5.41) is 11.5. The van der Waals surface area contributed by atoms with Crippen LogP contribution in [0.3, 0.4) is 0 Å². The smallest absolute Gasteiger partial charge is 0.303 e. The number of carboxylic acid groups (broad SMARTS) is 1. The number of hydrogen-bond acceptors (Lipinski definition) is 3. The number of carbonyl (C=O) groups excluding carboxylic acids is 1. The Balaban J connectivity index is 3.97. The van der Waals surface area contributed by atoms with Gasteiger partial charge in [0.2, 0.25) is 5.91 Å². The maximum atomic E-state index is 11.5. The summed E-state index contributed by atoms with van der Waals surface area (Å²) in [5.74, 6) is -0.156.